The van der Waals surface area contributed by atoms with Crippen LogP contribution in [0.5, 0.6) is 5.75 Å². The molecule has 1 aromatic carbocycles. The van der Waals surface area contributed by atoms with E-state index in [1.807, 2.05) is 0 Å². The Balaban J connectivity index is 2.66. The summed E-state index contributed by atoms with van der Waals surface area (Å²) in [5.74, 6) is 0.320. The molecule has 1 amide bonds. The lowest BCUT2D eigenvalue weighted by Gasteiger charge is -2.18. The van der Waals surface area contributed by atoms with Crippen LogP contribution >= 0.6 is 11.6 Å². The van der Waals surface area contributed by atoms with E-state index in [0.717, 1.165) is 19.6 Å². The van der Waals surface area contributed by atoms with Gasteiger partial charge >= 0.3 is 0 Å². The highest BCUT2D eigenvalue weighted by atomic mass is 35.5. The number of hydrogen-bond acceptors (Lipinski definition) is 3. The van der Waals surface area contributed by atoms with E-state index in [9.17, 15) is 4.79 Å². The molecule has 0 aliphatic heterocycles. The molecule has 21 heavy (non-hydrogen) atoms. The van der Waals surface area contributed by atoms with Crippen molar-refractivity contribution in [1.82, 2.24) is 10.2 Å². The summed E-state index contributed by atoms with van der Waals surface area (Å²) in [4.78, 5) is 14.5. The number of carbonyl (C=O) groups excluding carboxylic acids is 1. The first-order chi connectivity index (χ1) is 10.1. The number of carbonyl (C=O) groups is 1. The summed E-state index contributed by atoms with van der Waals surface area (Å²) in [6.45, 7) is 11.5. The third-order valence-corrected chi connectivity index (χ3v) is 3.39. The van der Waals surface area contributed by atoms with Crippen molar-refractivity contribution in [1.29, 1.82) is 0 Å². The minimum atomic E-state index is -0.155. The molecule has 5 heteroatoms. The highest BCUT2D eigenvalue weighted by molar-refractivity contribution is 6.30. The zero-order chi connectivity index (χ0) is 15.7. The number of benzene rings is 1. The van der Waals surface area contributed by atoms with Gasteiger partial charge in [-0.1, -0.05) is 38.1 Å². The van der Waals surface area contributed by atoms with Crippen LogP contribution in [-0.2, 0) is 0 Å². The van der Waals surface area contributed by atoms with Gasteiger partial charge in [0.2, 0.25) is 0 Å². The molecule has 0 bridgehead atoms. The van der Waals surface area contributed by atoms with E-state index in [-0.39, 0.29) is 5.91 Å². The van der Waals surface area contributed by atoms with Crippen LogP contribution in [0.15, 0.2) is 30.9 Å². The van der Waals surface area contributed by atoms with E-state index in [1.54, 1.807) is 24.3 Å². The molecular formula is C16H23ClN2O2. The smallest absolute Gasteiger partial charge is 0.255 e. The molecule has 0 saturated carbocycles. The van der Waals surface area contributed by atoms with Gasteiger partial charge in [0.15, 0.2) is 0 Å². The maximum absolute atomic E-state index is 12.2. The third-order valence-electron chi connectivity index (χ3n) is 3.15. The molecule has 1 N–H and O–H groups in total. The van der Waals surface area contributed by atoms with Gasteiger partial charge in [0.05, 0.1) is 5.56 Å². The molecule has 0 saturated heterocycles. The molecule has 0 spiro atoms. The van der Waals surface area contributed by atoms with Crippen molar-refractivity contribution in [3.8, 4) is 5.75 Å². The van der Waals surface area contributed by atoms with Crippen molar-refractivity contribution in [2.24, 2.45) is 0 Å². The van der Waals surface area contributed by atoms with Gasteiger partial charge in [0.1, 0.15) is 12.4 Å². The van der Waals surface area contributed by atoms with Crippen LogP contribution in [0.3, 0.4) is 0 Å². The highest BCUT2D eigenvalue weighted by Gasteiger charge is 2.13. The quantitative estimate of drug-likeness (QED) is 0.713. The largest absolute Gasteiger partial charge is 0.489 e. The molecule has 4 nitrogen and oxygen atoms in total. The SMILES string of the molecule is C=CCOc1cc(Cl)ccc1C(=O)NCCN(CC)CC. The van der Waals surface area contributed by atoms with Crippen molar-refractivity contribution in [2.45, 2.75) is 13.8 Å². The van der Waals surface area contributed by atoms with Gasteiger partial charge in [0.25, 0.3) is 5.91 Å². The lowest BCUT2D eigenvalue weighted by Crippen LogP contribution is -2.34. The maximum Gasteiger partial charge on any atom is 0.255 e. The van der Waals surface area contributed by atoms with Gasteiger partial charge in [-0.2, -0.15) is 0 Å². The second kappa shape index (κ2) is 9.42. The Kier molecular flexibility index (Phi) is 7.87. The highest BCUT2D eigenvalue weighted by Crippen LogP contribution is 2.23. The summed E-state index contributed by atoms with van der Waals surface area (Å²) in [5.41, 5.74) is 0.487. The van der Waals surface area contributed by atoms with Crippen LogP contribution in [0.2, 0.25) is 5.02 Å². The van der Waals surface area contributed by atoms with Gasteiger partial charge in [-0.05, 0) is 31.3 Å². The van der Waals surface area contributed by atoms with Crippen LogP contribution in [0.1, 0.15) is 24.2 Å². The molecule has 0 atom stereocenters. The van der Waals surface area contributed by atoms with E-state index in [0.29, 0.717) is 29.5 Å². The monoisotopic (exact) mass is 310 g/mol. The Bertz CT molecular complexity index is 473. The predicted molar refractivity (Wildman–Crippen MR) is 87.3 cm³/mol. The summed E-state index contributed by atoms with van der Waals surface area (Å²) in [6.07, 6.45) is 1.63. The number of hydrogen-bond donors (Lipinski definition) is 1. The normalized spacial score (nSPS) is 10.5. The second-order valence-electron chi connectivity index (χ2n) is 4.52. The van der Waals surface area contributed by atoms with Gasteiger partial charge in [-0.15, -0.1) is 0 Å². The minimum Gasteiger partial charge on any atom is -0.489 e. The summed E-state index contributed by atoms with van der Waals surface area (Å²) >= 11 is 5.94. The Morgan fingerprint density at radius 3 is 2.76 bits per heavy atom. The molecule has 1 aromatic rings. The summed E-state index contributed by atoms with van der Waals surface area (Å²) < 4.78 is 5.48. The predicted octanol–water partition coefficient (Wildman–Crippen LogP) is 2.98. The Morgan fingerprint density at radius 1 is 1.43 bits per heavy atom. The average Bonchev–Trinajstić information content (AvgIpc) is 2.49. The fourth-order valence-corrected chi connectivity index (χ4v) is 2.08. The Morgan fingerprint density at radius 2 is 2.14 bits per heavy atom. The Labute approximate surface area is 131 Å². The van der Waals surface area contributed by atoms with Gasteiger partial charge in [-0.3, -0.25) is 4.79 Å². The fraction of sp³-hybridized carbons (Fsp3) is 0.438. The van der Waals surface area contributed by atoms with E-state index in [4.69, 9.17) is 16.3 Å². The maximum atomic E-state index is 12.2. The van der Waals surface area contributed by atoms with Gasteiger partial charge in [0, 0.05) is 18.1 Å². The lowest BCUT2D eigenvalue weighted by atomic mass is 10.2. The fourth-order valence-electron chi connectivity index (χ4n) is 1.91. The van der Waals surface area contributed by atoms with E-state index in [1.165, 1.54) is 0 Å². The molecule has 0 aromatic heterocycles. The zero-order valence-electron chi connectivity index (χ0n) is 12.7. The van der Waals surface area contributed by atoms with Gasteiger partial charge in [-0.25, -0.2) is 0 Å². The van der Waals surface area contributed by atoms with Crippen LogP contribution in [-0.4, -0.2) is 43.6 Å². The standard InChI is InChI=1S/C16H23ClN2O2/c1-4-11-21-15-12-13(17)7-8-14(15)16(20)18-9-10-19(5-2)6-3/h4,7-8,12H,1,5-6,9-11H2,2-3H3,(H,18,20). The van der Waals surface area contributed by atoms with E-state index in [2.05, 4.69) is 30.6 Å². The molecule has 0 aliphatic rings. The molecule has 0 aliphatic carbocycles. The lowest BCUT2D eigenvalue weighted by molar-refractivity contribution is 0.0945. The molecule has 1 rings (SSSR count). The number of nitrogens with zero attached hydrogens (tertiary/aromatic N) is 1. The zero-order valence-corrected chi connectivity index (χ0v) is 13.4. The number of likely N-dealkylation sites (N-methyl/N-ethyl adjacent to an activating group) is 1. The molecule has 0 unspecified atom stereocenters. The number of ether oxygens (including phenoxy) is 1. The van der Waals surface area contributed by atoms with Crippen molar-refractivity contribution in [3.05, 3.63) is 41.4 Å². The first-order valence-electron chi connectivity index (χ1n) is 7.16. The molecule has 0 fully saturated rings. The molecule has 0 heterocycles. The Hall–Kier alpha value is -1.52. The number of rotatable bonds is 9. The van der Waals surface area contributed by atoms with E-state index >= 15 is 0 Å². The van der Waals surface area contributed by atoms with Crippen LogP contribution < -0.4 is 10.1 Å². The molecular weight excluding hydrogens is 288 g/mol. The third kappa shape index (κ3) is 5.78. The van der Waals surface area contributed by atoms with E-state index < -0.39 is 0 Å². The topological polar surface area (TPSA) is 41.6 Å². The van der Waals surface area contributed by atoms with Crippen molar-refractivity contribution in [2.75, 3.05) is 32.8 Å². The van der Waals surface area contributed by atoms with Crippen LogP contribution in [0.25, 0.3) is 0 Å². The van der Waals surface area contributed by atoms with Crippen LogP contribution in [0.4, 0.5) is 0 Å². The van der Waals surface area contributed by atoms with Crippen molar-refractivity contribution >= 4 is 17.5 Å². The second-order valence-corrected chi connectivity index (χ2v) is 4.96. The van der Waals surface area contributed by atoms with Gasteiger partial charge < -0.3 is 15.0 Å². The van der Waals surface area contributed by atoms with Crippen molar-refractivity contribution in [3.63, 3.8) is 0 Å². The number of nitrogens with one attached hydrogen (secondary N) is 1. The first kappa shape index (κ1) is 17.5. The minimum absolute atomic E-state index is 0.155. The summed E-state index contributed by atoms with van der Waals surface area (Å²) in [5, 5.41) is 3.44. The van der Waals surface area contributed by atoms with Crippen LogP contribution in [0, 0.1) is 0 Å². The van der Waals surface area contributed by atoms with Crippen molar-refractivity contribution < 1.29 is 9.53 Å². The number of amides is 1. The molecule has 116 valence electrons. The molecule has 0 radical (unpaired) electrons. The first-order valence-corrected chi connectivity index (χ1v) is 7.53. The number of halogens is 1. The summed E-state index contributed by atoms with van der Waals surface area (Å²) in [7, 11) is 0. The summed E-state index contributed by atoms with van der Waals surface area (Å²) in [6, 6.07) is 5.00. The average molecular weight is 311 g/mol.